The number of unbranched alkanes of at least 4 members (excludes halogenated alkanes) is 3. The van der Waals surface area contributed by atoms with Gasteiger partial charge in [0.2, 0.25) is 0 Å². The molecule has 2 N–H and O–H groups in total. The van der Waals surface area contributed by atoms with E-state index in [1.165, 1.54) is 12.8 Å². The molecular formula is C12H27NO2. The van der Waals surface area contributed by atoms with Crippen LogP contribution in [0.4, 0.5) is 0 Å². The van der Waals surface area contributed by atoms with Crippen molar-refractivity contribution in [3.05, 3.63) is 0 Å². The molecule has 0 spiro atoms. The Labute approximate surface area is 94.3 Å². The third kappa shape index (κ3) is 13.9. The van der Waals surface area contributed by atoms with Crippen molar-refractivity contribution >= 4 is 0 Å². The summed E-state index contributed by atoms with van der Waals surface area (Å²) in [6.45, 7) is 8.25. The first-order chi connectivity index (χ1) is 7.27. The van der Waals surface area contributed by atoms with Gasteiger partial charge in [0.05, 0.1) is 13.2 Å². The van der Waals surface area contributed by atoms with Gasteiger partial charge in [-0.25, -0.2) is 0 Å². The largest absolute Gasteiger partial charge is 0.379 e. The molecule has 0 atom stereocenters. The molecule has 0 rings (SSSR count). The summed E-state index contributed by atoms with van der Waals surface area (Å²) in [5.41, 5.74) is 5.40. The van der Waals surface area contributed by atoms with Gasteiger partial charge >= 0.3 is 0 Å². The van der Waals surface area contributed by atoms with Crippen molar-refractivity contribution in [1.29, 1.82) is 0 Å². The lowest BCUT2D eigenvalue weighted by Gasteiger charge is -2.07. The monoisotopic (exact) mass is 217 g/mol. The van der Waals surface area contributed by atoms with Crippen LogP contribution in [0.25, 0.3) is 0 Å². The molecule has 0 aliphatic heterocycles. The molecule has 0 aromatic heterocycles. The first kappa shape index (κ1) is 14.9. The average Bonchev–Trinajstić information content (AvgIpc) is 2.20. The summed E-state index contributed by atoms with van der Waals surface area (Å²) in [5, 5.41) is 0. The molecule has 0 aliphatic rings. The van der Waals surface area contributed by atoms with Crippen LogP contribution in [0.1, 0.15) is 39.5 Å². The average molecular weight is 217 g/mol. The predicted octanol–water partition coefficient (Wildman–Crippen LogP) is 2.19. The van der Waals surface area contributed by atoms with Crippen LogP contribution >= 0.6 is 0 Å². The molecule has 0 unspecified atom stereocenters. The van der Waals surface area contributed by atoms with E-state index in [0.29, 0.717) is 5.92 Å². The van der Waals surface area contributed by atoms with Crippen LogP contribution in [0.5, 0.6) is 0 Å². The molecular weight excluding hydrogens is 190 g/mol. The molecule has 0 bridgehead atoms. The summed E-state index contributed by atoms with van der Waals surface area (Å²) < 4.78 is 10.8. The van der Waals surface area contributed by atoms with E-state index in [-0.39, 0.29) is 0 Å². The van der Waals surface area contributed by atoms with Crippen LogP contribution in [0, 0.1) is 5.92 Å². The van der Waals surface area contributed by atoms with Gasteiger partial charge in [-0.15, -0.1) is 0 Å². The molecule has 0 aliphatic carbocycles. The predicted molar refractivity (Wildman–Crippen MR) is 64.0 cm³/mol. The molecule has 0 fully saturated rings. The number of rotatable bonds is 11. The zero-order chi connectivity index (χ0) is 11.4. The van der Waals surface area contributed by atoms with Crippen LogP contribution in [-0.2, 0) is 9.47 Å². The lowest BCUT2D eigenvalue weighted by atomic mass is 10.2. The molecule has 3 nitrogen and oxygen atoms in total. The zero-order valence-electron chi connectivity index (χ0n) is 10.3. The lowest BCUT2D eigenvalue weighted by Crippen LogP contribution is -2.09. The van der Waals surface area contributed by atoms with Gasteiger partial charge in [-0.05, 0) is 25.3 Å². The summed E-state index contributed by atoms with van der Waals surface area (Å²) in [7, 11) is 0. The van der Waals surface area contributed by atoms with Crippen molar-refractivity contribution in [1.82, 2.24) is 0 Å². The first-order valence-corrected chi connectivity index (χ1v) is 6.13. The van der Waals surface area contributed by atoms with Crippen molar-refractivity contribution in [3.8, 4) is 0 Å². The molecule has 0 aromatic carbocycles. The second-order valence-electron chi connectivity index (χ2n) is 4.28. The van der Waals surface area contributed by atoms with E-state index in [0.717, 1.165) is 45.8 Å². The van der Waals surface area contributed by atoms with Gasteiger partial charge in [0.15, 0.2) is 0 Å². The van der Waals surface area contributed by atoms with E-state index >= 15 is 0 Å². The summed E-state index contributed by atoms with van der Waals surface area (Å²) >= 11 is 0. The van der Waals surface area contributed by atoms with Crippen molar-refractivity contribution in [2.45, 2.75) is 39.5 Å². The Balaban J connectivity index is 2.87. The third-order valence-corrected chi connectivity index (χ3v) is 2.07. The van der Waals surface area contributed by atoms with E-state index in [2.05, 4.69) is 13.8 Å². The Morgan fingerprint density at radius 3 is 2.20 bits per heavy atom. The van der Waals surface area contributed by atoms with Crippen molar-refractivity contribution in [2.24, 2.45) is 11.7 Å². The Kier molecular flexibility index (Phi) is 11.9. The van der Waals surface area contributed by atoms with E-state index in [1.54, 1.807) is 0 Å². The highest BCUT2D eigenvalue weighted by Crippen LogP contribution is 1.98. The maximum absolute atomic E-state index is 5.44. The molecule has 0 heterocycles. The second-order valence-corrected chi connectivity index (χ2v) is 4.28. The minimum Gasteiger partial charge on any atom is -0.379 e. The fourth-order valence-electron chi connectivity index (χ4n) is 1.24. The van der Waals surface area contributed by atoms with Crippen LogP contribution < -0.4 is 5.73 Å². The normalized spacial score (nSPS) is 11.2. The molecule has 92 valence electrons. The summed E-state index contributed by atoms with van der Waals surface area (Å²) in [6.07, 6.45) is 4.73. The van der Waals surface area contributed by atoms with Gasteiger partial charge < -0.3 is 15.2 Å². The topological polar surface area (TPSA) is 44.5 Å². The minimum absolute atomic E-state index is 0.612. The van der Waals surface area contributed by atoms with Gasteiger partial charge in [-0.3, -0.25) is 0 Å². The van der Waals surface area contributed by atoms with E-state index in [1.807, 2.05) is 0 Å². The summed E-state index contributed by atoms with van der Waals surface area (Å²) in [6, 6.07) is 0. The highest BCUT2D eigenvalue weighted by atomic mass is 16.5. The maximum Gasteiger partial charge on any atom is 0.0700 e. The molecule has 15 heavy (non-hydrogen) atoms. The molecule has 3 heteroatoms. The fourth-order valence-corrected chi connectivity index (χ4v) is 1.24. The Morgan fingerprint density at radius 1 is 0.867 bits per heavy atom. The number of nitrogens with two attached hydrogens (primary N) is 1. The van der Waals surface area contributed by atoms with Crippen LogP contribution in [0.15, 0.2) is 0 Å². The fraction of sp³-hybridized carbons (Fsp3) is 1.00. The molecule has 0 saturated carbocycles. The molecule has 0 radical (unpaired) electrons. The zero-order valence-corrected chi connectivity index (χ0v) is 10.3. The van der Waals surface area contributed by atoms with Crippen LogP contribution in [0.2, 0.25) is 0 Å². The minimum atomic E-state index is 0.612. The van der Waals surface area contributed by atoms with Crippen LogP contribution in [-0.4, -0.2) is 33.0 Å². The van der Waals surface area contributed by atoms with Gasteiger partial charge in [0, 0.05) is 13.2 Å². The highest BCUT2D eigenvalue weighted by Gasteiger charge is 1.94. The highest BCUT2D eigenvalue weighted by molar-refractivity contribution is 4.43. The summed E-state index contributed by atoms with van der Waals surface area (Å²) in [4.78, 5) is 0. The van der Waals surface area contributed by atoms with E-state index in [9.17, 15) is 0 Å². The SMILES string of the molecule is CC(C)COCCOCCCCCCN. The molecule has 0 saturated heterocycles. The van der Waals surface area contributed by atoms with Gasteiger partial charge in [-0.2, -0.15) is 0 Å². The quantitative estimate of drug-likeness (QED) is 0.540. The third-order valence-electron chi connectivity index (χ3n) is 2.07. The summed E-state index contributed by atoms with van der Waals surface area (Å²) in [5.74, 6) is 0.612. The Bertz CT molecular complexity index is 118. The van der Waals surface area contributed by atoms with E-state index in [4.69, 9.17) is 15.2 Å². The van der Waals surface area contributed by atoms with Crippen molar-refractivity contribution in [3.63, 3.8) is 0 Å². The van der Waals surface area contributed by atoms with E-state index < -0.39 is 0 Å². The Hall–Kier alpha value is -0.120. The first-order valence-electron chi connectivity index (χ1n) is 6.13. The lowest BCUT2D eigenvalue weighted by molar-refractivity contribution is 0.0366. The molecule has 0 amide bonds. The Morgan fingerprint density at radius 2 is 1.53 bits per heavy atom. The van der Waals surface area contributed by atoms with Gasteiger partial charge in [0.25, 0.3) is 0 Å². The van der Waals surface area contributed by atoms with Crippen molar-refractivity contribution < 1.29 is 9.47 Å². The number of hydrogen-bond donors (Lipinski definition) is 1. The molecule has 0 aromatic rings. The van der Waals surface area contributed by atoms with Crippen molar-refractivity contribution in [2.75, 3.05) is 33.0 Å². The van der Waals surface area contributed by atoms with Gasteiger partial charge in [-0.1, -0.05) is 26.7 Å². The van der Waals surface area contributed by atoms with Crippen LogP contribution in [0.3, 0.4) is 0 Å². The standard InChI is InChI=1S/C12H27NO2/c1-12(2)11-15-10-9-14-8-6-4-3-5-7-13/h12H,3-11,13H2,1-2H3. The number of ether oxygens (including phenoxy) is 2. The smallest absolute Gasteiger partial charge is 0.0700 e. The maximum atomic E-state index is 5.44. The van der Waals surface area contributed by atoms with Gasteiger partial charge in [0.1, 0.15) is 0 Å². The second kappa shape index (κ2) is 12.0. The number of hydrogen-bond acceptors (Lipinski definition) is 3.